The molecular weight excluding hydrogens is 198 g/mol. The maximum Gasteiger partial charge on any atom is 0.0750 e. The molecule has 0 aromatic heterocycles. The van der Waals surface area contributed by atoms with E-state index in [9.17, 15) is 0 Å². The quantitative estimate of drug-likeness (QED) is 0.653. The summed E-state index contributed by atoms with van der Waals surface area (Å²) in [6.45, 7) is 10.7. The number of hydrogen-bond donors (Lipinski definition) is 1. The summed E-state index contributed by atoms with van der Waals surface area (Å²) >= 11 is 0. The molecule has 1 fully saturated rings. The van der Waals surface area contributed by atoms with Crippen LogP contribution in [0.25, 0.3) is 0 Å². The van der Waals surface area contributed by atoms with Crippen LogP contribution in [0.3, 0.4) is 0 Å². The highest BCUT2D eigenvalue weighted by molar-refractivity contribution is 4.83. The lowest BCUT2D eigenvalue weighted by Gasteiger charge is -2.30. The van der Waals surface area contributed by atoms with Gasteiger partial charge in [-0.3, -0.25) is 0 Å². The molecule has 1 rings (SSSR count). The van der Waals surface area contributed by atoms with Gasteiger partial charge in [0.2, 0.25) is 0 Å². The number of likely N-dealkylation sites (N-methyl/N-ethyl adjacent to an activating group) is 1. The highest BCUT2D eigenvalue weighted by Gasteiger charge is 2.27. The van der Waals surface area contributed by atoms with Crippen LogP contribution in [0, 0.1) is 11.8 Å². The van der Waals surface area contributed by atoms with E-state index in [1.165, 1.54) is 25.7 Å². The van der Waals surface area contributed by atoms with Gasteiger partial charge in [0.25, 0.3) is 0 Å². The molecular formula is C14H29NO. The second-order valence-electron chi connectivity index (χ2n) is 5.35. The third kappa shape index (κ3) is 4.84. The molecule has 2 unspecified atom stereocenters. The molecule has 0 aliphatic heterocycles. The zero-order valence-corrected chi connectivity index (χ0v) is 11.5. The summed E-state index contributed by atoms with van der Waals surface area (Å²) in [5.41, 5.74) is 0. The molecule has 96 valence electrons. The smallest absolute Gasteiger partial charge is 0.0750 e. The molecule has 0 aromatic rings. The van der Waals surface area contributed by atoms with Crippen molar-refractivity contribution in [1.29, 1.82) is 0 Å². The first-order valence-corrected chi connectivity index (χ1v) is 7.04. The topological polar surface area (TPSA) is 21.3 Å². The van der Waals surface area contributed by atoms with Crippen molar-refractivity contribution in [3.63, 3.8) is 0 Å². The lowest BCUT2D eigenvalue weighted by molar-refractivity contribution is 0.00110. The zero-order valence-electron chi connectivity index (χ0n) is 11.5. The second-order valence-corrected chi connectivity index (χ2v) is 5.35. The summed E-state index contributed by atoms with van der Waals surface area (Å²) in [5.74, 6) is 1.62. The molecule has 1 aliphatic carbocycles. The van der Waals surface area contributed by atoms with E-state index in [1.807, 2.05) is 0 Å². The van der Waals surface area contributed by atoms with E-state index in [4.69, 9.17) is 4.74 Å². The van der Waals surface area contributed by atoms with Crippen LogP contribution < -0.4 is 5.32 Å². The minimum absolute atomic E-state index is 0.378. The van der Waals surface area contributed by atoms with Crippen molar-refractivity contribution < 1.29 is 4.74 Å². The van der Waals surface area contributed by atoms with Gasteiger partial charge < -0.3 is 10.1 Å². The lowest BCUT2D eigenvalue weighted by Crippen LogP contribution is -2.44. The average molecular weight is 227 g/mol. The van der Waals surface area contributed by atoms with Crippen molar-refractivity contribution in [2.24, 2.45) is 11.8 Å². The highest BCUT2D eigenvalue weighted by Crippen LogP contribution is 2.34. The summed E-state index contributed by atoms with van der Waals surface area (Å²) in [4.78, 5) is 0. The number of rotatable bonds is 9. The molecule has 0 spiro atoms. The molecule has 2 heteroatoms. The predicted molar refractivity (Wildman–Crippen MR) is 69.7 cm³/mol. The maximum absolute atomic E-state index is 5.91. The van der Waals surface area contributed by atoms with Crippen molar-refractivity contribution >= 4 is 0 Å². The van der Waals surface area contributed by atoms with Crippen LogP contribution in [0.4, 0.5) is 0 Å². The molecule has 0 bridgehead atoms. The molecule has 0 aromatic carbocycles. The fourth-order valence-corrected chi connectivity index (χ4v) is 2.43. The Labute approximate surface area is 101 Å². The minimum atomic E-state index is 0.378. The van der Waals surface area contributed by atoms with Crippen molar-refractivity contribution in [2.45, 2.75) is 65.5 Å². The molecule has 2 nitrogen and oxygen atoms in total. The molecule has 0 amide bonds. The van der Waals surface area contributed by atoms with Crippen LogP contribution in [-0.2, 0) is 4.74 Å². The average Bonchev–Trinajstić information content (AvgIpc) is 3.04. The lowest BCUT2D eigenvalue weighted by atomic mass is 9.94. The summed E-state index contributed by atoms with van der Waals surface area (Å²) < 4.78 is 5.91. The van der Waals surface area contributed by atoms with Crippen LogP contribution in [0.2, 0.25) is 0 Å². The van der Waals surface area contributed by atoms with E-state index in [0.717, 1.165) is 19.1 Å². The first-order valence-electron chi connectivity index (χ1n) is 7.04. The van der Waals surface area contributed by atoms with Gasteiger partial charge >= 0.3 is 0 Å². The van der Waals surface area contributed by atoms with Crippen LogP contribution in [0.15, 0.2) is 0 Å². The Hall–Kier alpha value is -0.0800. The van der Waals surface area contributed by atoms with Crippen molar-refractivity contribution in [3.05, 3.63) is 0 Å². The molecule has 0 saturated heterocycles. The van der Waals surface area contributed by atoms with Gasteiger partial charge in [-0.2, -0.15) is 0 Å². The van der Waals surface area contributed by atoms with Crippen LogP contribution in [0.1, 0.15) is 53.4 Å². The van der Waals surface area contributed by atoms with E-state index in [1.54, 1.807) is 0 Å². The van der Waals surface area contributed by atoms with Crippen molar-refractivity contribution in [2.75, 3.05) is 13.2 Å². The molecule has 2 atom stereocenters. The molecule has 0 radical (unpaired) electrons. The predicted octanol–water partition coefficient (Wildman–Crippen LogP) is 3.22. The van der Waals surface area contributed by atoms with Gasteiger partial charge in [0.1, 0.15) is 0 Å². The molecule has 1 aliphatic rings. The minimum Gasteiger partial charge on any atom is -0.377 e. The van der Waals surface area contributed by atoms with Gasteiger partial charge in [-0.25, -0.2) is 0 Å². The van der Waals surface area contributed by atoms with Gasteiger partial charge in [0.05, 0.1) is 6.10 Å². The van der Waals surface area contributed by atoms with Gasteiger partial charge in [-0.15, -0.1) is 0 Å². The summed E-state index contributed by atoms with van der Waals surface area (Å²) in [6, 6.07) is 0.547. The summed E-state index contributed by atoms with van der Waals surface area (Å²) in [6.07, 6.45) is 5.96. The Kier molecular flexibility index (Phi) is 6.37. The van der Waals surface area contributed by atoms with Gasteiger partial charge in [0.15, 0.2) is 0 Å². The Bertz CT molecular complexity index is 178. The second kappa shape index (κ2) is 7.29. The zero-order chi connectivity index (χ0) is 12.0. The first kappa shape index (κ1) is 14.0. The number of ether oxygens (including phenoxy) is 1. The normalized spacial score (nSPS) is 20.1. The Morgan fingerprint density at radius 2 is 1.94 bits per heavy atom. The number of hydrogen-bond acceptors (Lipinski definition) is 2. The van der Waals surface area contributed by atoms with E-state index in [-0.39, 0.29) is 0 Å². The van der Waals surface area contributed by atoms with Gasteiger partial charge in [0, 0.05) is 12.6 Å². The standard InChI is InChI=1S/C14H29NO/c1-5-15-13(10-9-12-7-8-12)14(11(3)4)16-6-2/h11-15H,5-10H2,1-4H3. The van der Waals surface area contributed by atoms with E-state index < -0.39 is 0 Å². The van der Waals surface area contributed by atoms with Crippen LogP contribution in [0.5, 0.6) is 0 Å². The fourth-order valence-electron chi connectivity index (χ4n) is 2.43. The van der Waals surface area contributed by atoms with Gasteiger partial charge in [-0.05, 0) is 38.1 Å². The van der Waals surface area contributed by atoms with Gasteiger partial charge in [-0.1, -0.05) is 33.6 Å². The molecule has 0 heterocycles. The van der Waals surface area contributed by atoms with Crippen LogP contribution >= 0.6 is 0 Å². The molecule has 16 heavy (non-hydrogen) atoms. The number of nitrogens with one attached hydrogen (secondary N) is 1. The van der Waals surface area contributed by atoms with E-state index in [2.05, 4.69) is 33.0 Å². The van der Waals surface area contributed by atoms with Crippen molar-refractivity contribution in [1.82, 2.24) is 5.32 Å². The SMILES string of the molecule is CCNC(CCC1CC1)C(OCC)C(C)C. The third-order valence-corrected chi connectivity index (χ3v) is 3.46. The first-order chi connectivity index (χ1) is 7.69. The molecule has 1 saturated carbocycles. The third-order valence-electron chi connectivity index (χ3n) is 3.46. The Balaban J connectivity index is 2.41. The summed E-state index contributed by atoms with van der Waals surface area (Å²) in [7, 11) is 0. The fraction of sp³-hybridized carbons (Fsp3) is 1.00. The highest BCUT2D eigenvalue weighted by atomic mass is 16.5. The summed E-state index contributed by atoms with van der Waals surface area (Å²) in [5, 5.41) is 3.61. The van der Waals surface area contributed by atoms with E-state index in [0.29, 0.717) is 18.1 Å². The monoisotopic (exact) mass is 227 g/mol. The molecule has 1 N–H and O–H groups in total. The van der Waals surface area contributed by atoms with Crippen LogP contribution in [-0.4, -0.2) is 25.3 Å². The van der Waals surface area contributed by atoms with Crippen molar-refractivity contribution in [3.8, 4) is 0 Å². The Morgan fingerprint density at radius 3 is 2.38 bits per heavy atom. The Morgan fingerprint density at radius 1 is 1.25 bits per heavy atom. The van der Waals surface area contributed by atoms with E-state index >= 15 is 0 Å². The maximum atomic E-state index is 5.91. The largest absolute Gasteiger partial charge is 0.377 e.